The summed E-state index contributed by atoms with van der Waals surface area (Å²) < 4.78 is 22.8. The van der Waals surface area contributed by atoms with E-state index >= 15 is 0 Å². The Bertz CT molecular complexity index is 418. The van der Waals surface area contributed by atoms with E-state index in [-0.39, 0.29) is 5.69 Å². The molecule has 1 aromatic carbocycles. The molecular formula is C7H9N3O4S. The van der Waals surface area contributed by atoms with Crippen LogP contribution in [0.25, 0.3) is 0 Å². The predicted molar refractivity (Wildman–Crippen MR) is 54.3 cm³/mol. The summed E-state index contributed by atoms with van der Waals surface area (Å²) in [5.74, 6) is 0. The van der Waals surface area contributed by atoms with E-state index in [2.05, 4.69) is 5.32 Å². The zero-order valence-corrected chi connectivity index (χ0v) is 8.61. The Morgan fingerprint density at radius 1 is 1.33 bits per heavy atom. The molecule has 0 aliphatic carbocycles. The lowest BCUT2D eigenvalue weighted by Crippen LogP contribution is -1.89. The fraction of sp³-hybridized carbons (Fsp3) is 0.143. The maximum atomic E-state index is 10.2. The van der Waals surface area contributed by atoms with Gasteiger partial charge in [0.1, 0.15) is 0 Å². The molecule has 0 amide bonds. The molecule has 0 aromatic heterocycles. The molecule has 0 heterocycles. The van der Waals surface area contributed by atoms with Crippen molar-refractivity contribution in [3.8, 4) is 0 Å². The van der Waals surface area contributed by atoms with Crippen LogP contribution in [0.15, 0.2) is 24.3 Å². The highest BCUT2D eigenvalue weighted by Crippen LogP contribution is 2.14. The van der Waals surface area contributed by atoms with Gasteiger partial charge in [-0.3, -0.25) is 10.1 Å². The largest absolute Gasteiger partial charge is 0.388 e. The molecule has 82 valence electrons. The summed E-state index contributed by atoms with van der Waals surface area (Å²) in [4.78, 5) is 9.77. The average molecular weight is 231 g/mol. The molecule has 0 atom stereocenters. The quantitative estimate of drug-likeness (QED) is 0.587. The van der Waals surface area contributed by atoms with Crippen LogP contribution in [0.1, 0.15) is 0 Å². The third-order valence-electron chi connectivity index (χ3n) is 1.37. The highest BCUT2D eigenvalue weighted by atomic mass is 32.2. The van der Waals surface area contributed by atoms with Gasteiger partial charge >= 0.3 is 10.5 Å². The number of nitro groups is 1. The first-order valence-corrected chi connectivity index (χ1v) is 4.77. The average Bonchev–Trinajstić information content (AvgIpc) is 2.17. The molecule has 0 saturated heterocycles. The van der Waals surface area contributed by atoms with Gasteiger partial charge in [-0.05, 0) is 12.1 Å². The lowest BCUT2D eigenvalue weighted by Gasteiger charge is -1.96. The van der Waals surface area contributed by atoms with Crippen molar-refractivity contribution >= 4 is 21.9 Å². The maximum absolute atomic E-state index is 10.2. The third-order valence-corrected chi connectivity index (χ3v) is 1.37. The fourth-order valence-corrected chi connectivity index (χ4v) is 0.750. The van der Waals surface area contributed by atoms with Crippen molar-refractivity contribution < 1.29 is 13.3 Å². The van der Waals surface area contributed by atoms with Gasteiger partial charge in [-0.1, -0.05) is 0 Å². The van der Waals surface area contributed by atoms with Crippen LogP contribution in [0.2, 0.25) is 0 Å². The van der Waals surface area contributed by atoms with Gasteiger partial charge in [-0.2, -0.15) is 13.2 Å². The number of nitrogens with zero attached hydrogens (tertiary/aromatic N) is 1. The number of hydrogen-bond donors (Lipinski definition) is 2. The summed E-state index contributed by atoms with van der Waals surface area (Å²) in [6.45, 7) is 0. The molecule has 0 aliphatic rings. The van der Waals surface area contributed by atoms with Crippen LogP contribution < -0.4 is 5.32 Å². The lowest BCUT2D eigenvalue weighted by atomic mass is 10.3. The molecule has 0 unspecified atom stereocenters. The van der Waals surface area contributed by atoms with Crippen molar-refractivity contribution in [3.05, 3.63) is 34.4 Å². The van der Waals surface area contributed by atoms with Crippen LogP contribution in [-0.2, 0) is 10.5 Å². The second kappa shape index (κ2) is 6.49. The second-order valence-electron chi connectivity index (χ2n) is 2.29. The van der Waals surface area contributed by atoms with Gasteiger partial charge in [0.15, 0.2) is 0 Å². The number of rotatable bonds is 2. The van der Waals surface area contributed by atoms with Crippen LogP contribution in [0.5, 0.6) is 0 Å². The molecular weight excluding hydrogens is 222 g/mol. The summed E-state index contributed by atoms with van der Waals surface area (Å²) in [5, 5.41) is 13.1. The van der Waals surface area contributed by atoms with Crippen LogP contribution in [-0.4, -0.2) is 20.4 Å². The number of anilines is 1. The summed E-state index contributed by atoms with van der Waals surface area (Å²) in [7, 11) is -0.846. The number of nitrogens with one attached hydrogen (secondary N) is 2. The van der Waals surface area contributed by atoms with E-state index in [1.54, 1.807) is 19.2 Å². The van der Waals surface area contributed by atoms with E-state index in [4.69, 9.17) is 13.2 Å². The zero-order valence-electron chi connectivity index (χ0n) is 7.80. The minimum Gasteiger partial charge on any atom is -0.388 e. The SMILES string of the molecule is CNc1ccc([N+](=O)[O-])cc1.N=S(=O)=O. The monoisotopic (exact) mass is 231 g/mol. The Kier molecular flexibility index (Phi) is 5.64. The van der Waals surface area contributed by atoms with E-state index in [9.17, 15) is 10.1 Å². The summed E-state index contributed by atoms with van der Waals surface area (Å²) in [6.07, 6.45) is 0. The Morgan fingerprint density at radius 3 is 2.00 bits per heavy atom. The summed E-state index contributed by atoms with van der Waals surface area (Å²) in [5.41, 5.74) is 0.986. The van der Waals surface area contributed by atoms with E-state index in [0.717, 1.165) is 5.69 Å². The number of nitro benzene ring substituents is 1. The molecule has 15 heavy (non-hydrogen) atoms. The molecule has 0 bridgehead atoms. The van der Waals surface area contributed by atoms with Crippen molar-refractivity contribution in [2.24, 2.45) is 0 Å². The first kappa shape index (κ1) is 13.0. The molecule has 8 heteroatoms. The standard InChI is InChI=1S/C7H8N2O2.HNO2S/c1-8-6-2-4-7(5-3-6)9(10)11;1-4(2)3/h2-5,8H,1H3;1H. The first-order chi connectivity index (χ1) is 6.97. The third kappa shape index (κ3) is 6.16. The van der Waals surface area contributed by atoms with E-state index in [1.807, 2.05) is 0 Å². The lowest BCUT2D eigenvalue weighted by molar-refractivity contribution is -0.384. The number of non-ortho nitro benzene ring substituents is 1. The van der Waals surface area contributed by atoms with Crippen molar-refractivity contribution in [1.29, 1.82) is 4.78 Å². The van der Waals surface area contributed by atoms with Crippen LogP contribution in [0.4, 0.5) is 11.4 Å². The minimum absolute atomic E-state index is 0.115. The van der Waals surface area contributed by atoms with Crippen molar-refractivity contribution in [2.75, 3.05) is 12.4 Å². The summed E-state index contributed by atoms with van der Waals surface area (Å²) >= 11 is 0. The molecule has 0 spiro atoms. The molecule has 2 N–H and O–H groups in total. The van der Waals surface area contributed by atoms with Crippen LogP contribution in [0.3, 0.4) is 0 Å². The number of benzene rings is 1. The molecule has 1 rings (SSSR count). The van der Waals surface area contributed by atoms with E-state index in [1.165, 1.54) is 12.1 Å². The van der Waals surface area contributed by atoms with Crippen LogP contribution >= 0.6 is 0 Å². The highest BCUT2D eigenvalue weighted by molar-refractivity contribution is 7.60. The molecule has 0 aliphatic heterocycles. The van der Waals surface area contributed by atoms with Gasteiger partial charge < -0.3 is 5.32 Å². The van der Waals surface area contributed by atoms with Gasteiger partial charge in [0.2, 0.25) is 0 Å². The maximum Gasteiger partial charge on any atom is 0.308 e. The number of hydrogen-bond acceptors (Lipinski definition) is 6. The molecule has 0 fully saturated rings. The molecule has 0 radical (unpaired) electrons. The molecule has 7 nitrogen and oxygen atoms in total. The Morgan fingerprint density at radius 2 is 1.73 bits per heavy atom. The summed E-state index contributed by atoms with van der Waals surface area (Å²) in [6, 6.07) is 6.26. The van der Waals surface area contributed by atoms with Crippen molar-refractivity contribution in [2.45, 2.75) is 0 Å². The van der Waals surface area contributed by atoms with Crippen LogP contribution in [0, 0.1) is 14.9 Å². The highest BCUT2D eigenvalue weighted by Gasteiger charge is 2.01. The minimum atomic E-state index is -2.61. The fourth-order valence-electron chi connectivity index (χ4n) is 0.750. The van der Waals surface area contributed by atoms with Crippen molar-refractivity contribution in [1.82, 2.24) is 0 Å². The Hall–Kier alpha value is -1.96. The Labute approximate surface area is 87.4 Å². The zero-order chi connectivity index (χ0) is 11.8. The van der Waals surface area contributed by atoms with Gasteiger partial charge in [0.05, 0.1) is 4.92 Å². The second-order valence-corrected chi connectivity index (χ2v) is 2.76. The molecule has 0 saturated carbocycles. The normalized spacial score (nSPS) is 8.33. The Balaban J connectivity index is 0.000000423. The topological polar surface area (TPSA) is 113 Å². The van der Waals surface area contributed by atoms with Gasteiger partial charge in [-0.25, -0.2) is 0 Å². The van der Waals surface area contributed by atoms with Gasteiger partial charge in [0, 0.05) is 24.9 Å². The smallest absolute Gasteiger partial charge is 0.308 e. The molecule has 1 aromatic rings. The van der Waals surface area contributed by atoms with Gasteiger partial charge in [-0.15, -0.1) is 0 Å². The predicted octanol–water partition coefficient (Wildman–Crippen LogP) is 1.26. The van der Waals surface area contributed by atoms with E-state index < -0.39 is 15.4 Å². The first-order valence-electron chi connectivity index (χ1n) is 3.70. The van der Waals surface area contributed by atoms with Gasteiger partial charge in [0.25, 0.3) is 5.69 Å². The van der Waals surface area contributed by atoms with E-state index in [0.29, 0.717) is 0 Å². The van der Waals surface area contributed by atoms with Crippen molar-refractivity contribution in [3.63, 3.8) is 0 Å².